The zero-order chi connectivity index (χ0) is 22.6. The molecule has 1 heterocycles. The van der Waals surface area contributed by atoms with Crippen molar-refractivity contribution in [1.29, 1.82) is 0 Å². The van der Waals surface area contributed by atoms with Crippen LogP contribution in [0, 0.1) is 0 Å². The van der Waals surface area contributed by atoms with Crippen molar-refractivity contribution in [3.8, 4) is 11.5 Å². The first-order chi connectivity index (χ1) is 14.7. The van der Waals surface area contributed by atoms with Gasteiger partial charge in [-0.1, -0.05) is 0 Å². The number of hydrogen-bond acceptors (Lipinski definition) is 6. The van der Waals surface area contributed by atoms with E-state index in [2.05, 4.69) is 14.7 Å². The van der Waals surface area contributed by atoms with Gasteiger partial charge < -0.3 is 19.6 Å². The predicted octanol–water partition coefficient (Wildman–Crippen LogP) is 4.81. The number of rotatable bonds is 9. The molecular weight excluding hydrogens is 435 g/mol. The molecule has 0 unspecified atom stereocenters. The third-order valence-electron chi connectivity index (χ3n) is 4.45. The minimum Gasteiger partial charge on any atom is -0.497 e. The third-order valence-corrected chi connectivity index (χ3v) is 5.09. The smallest absolute Gasteiger partial charge is 0.497 e. The van der Waals surface area contributed by atoms with Gasteiger partial charge in [0.25, 0.3) is 0 Å². The number of carboxylic acid groups (broad SMARTS) is 1. The molecule has 0 amide bonds. The van der Waals surface area contributed by atoms with Crippen LogP contribution in [0.3, 0.4) is 0 Å². The molecular formula is C20H20F3N3O4S. The van der Waals surface area contributed by atoms with Crippen LogP contribution in [-0.4, -0.2) is 52.6 Å². The molecule has 1 atom stereocenters. The third kappa shape index (κ3) is 5.54. The van der Waals surface area contributed by atoms with E-state index in [9.17, 15) is 23.1 Å². The molecule has 0 bridgehead atoms. The van der Waals surface area contributed by atoms with Crippen molar-refractivity contribution in [3.05, 3.63) is 42.5 Å². The van der Waals surface area contributed by atoms with Crippen LogP contribution < -0.4 is 14.4 Å². The number of H-pyrrole nitrogens is 1. The summed E-state index contributed by atoms with van der Waals surface area (Å²) < 4.78 is 46.6. The molecule has 1 aromatic heterocycles. The van der Waals surface area contributed by atoms with Gasteiger partial charge in [0.1, 0.15) is 17.5 Å². The fourth-order valence-electron chi connectivity index (χ4n) is 3.07. The van der Waals surface area contributed by atoms with E-state index in [0.29, 0.717) is 28.2 Å². The molecule has 0 spiro atoms. The van der Waals surface area contributed by atoms with Gasteiger partial charge in [-0.05, 0) is 54.8 Å². The number of alkyl halides is 3. The highest BCUT2D eigenvalue weighted by molar-refractivity contribution is 7.98. The Labute approximate surface area is 180 Å². The van der Waals surface area contributed by atoms with Crippen LogP contribution >= 0.6 is 11.8 Å². The number of hydrogen-bond donors (Lipinski definition) is 2. The van der Waals surface area contributed by atoms with Crippen LogP contribution in [-0.2, 0) is 4.79 Å². The summed E-state index contributed by atoms with van der Waals surface area (Å²) in [6.07, 6.45) is -2.67. The number of nitrogens with zero attached hydrogens (tertiary/aromatic N) is 2. The minimum atomic E-state index is -4.82. The highest BCUT2D eigenvalue weighted by atomic mass is 32.2. The molecule has 3 aromatic rings. The van der Waals surface area contributed by atoms with Gasteiger partial charge in [-0.3, -0.25) is 4.90 Å². The molecule has 11 heteroatoms. The van der Waals surface area contributed by atoms with Crippen molar-refractivity contribution in [1.82, 2.24) is 9.97 Å². The molecule has 2 N–H and O–H groups in total. The highest BCUT2D eigenvalue weighted by Crippen LogP contribution is 2.32. The Bertz CT molecular complexity index is 1040. The molecule has 0 aliphatic rings. The summed E-state index contributed by atoms with van der Waals surface area (Å²) in [5, 5.41) is 9.87. The zero-order valence-corrected chi connectivity index (χ0v) is 17.5. The lowest BCUT2D eigenvalue weighted by Crippen LogP contribution is -2.39. The molecule has 0 fully saturated rings. The first-order valence-electron chi connectivity index (χ1n) is 9.12. The average Bonchev–Trinajstić information content (AvgIpc) is 3.13. The van der Waals surface area contributed by atoms with Gasteiger partial charge in [0.2, 0.25) is 5.95 Å². The number of carbonyl (C=O) groups is 1. The number of aromatic amines is 1. The number of carboxylic acids is 1. The maximum absolute atomic E-state index is 12.5. The number of imidazole rings is 1. The summed E-state index contributed by atoms with van der Waals surface area (Å²) in [5.41, 5.74) is 1.58. The van der Waals surface area contributed by atoms with Crippen molar-refractivity contribution in [2.45, 2.75) is 18.8 Å². The van der Waals surface area contributed by atoms with Gasteiger partial charge >= 0.3 is 12.3 Å². The van der Waals surface area contributed by atoms with Crippen LogP contribution in [0.4, 0.5) is 24.8 Å². The fourth-order valence-corrected chi connectivity index (χ4v) is 3.53. The van der Waals surface area contributed by atoms with E-state index in [4.69, 9.17) is 4.74 Å². The fraction of sp³-hybridized carbons (Fsp3) is 0.300. The van der Waals surface area contributed by atoms with Crippen LogP contribution in [0.15, 0.2) is 42.5 Å². The number of anilines is 2. The van der Waals surface area contributed by atoms with E-state index in [1.54, 1.807) is 18.2 Å². The lowest BCUT2D eigenvalue weighted by atomic mass is 10.1. The Morgan fingerprint density at radius 2 is 1.90 bits per heavy atom. The number of methoxy groups -OCH3 is 1. The second kappa shape index (κ2) is 9.38. The molecule has 0 aliphatic heterocycles. The largest absolute Gasteiger partial charge is 0.573 e. The summed E-state index contributed by atoms with van der Waals surface area (Å²) in [4.78, 5) is 21.1. The second-order valence-electron chi connectivity index (χ2n) is 6.49. The Kier molecular flexibility index (Phi) is 6.84. The van der Waals surface area contributed by atoms with Crippen molar-refractivity contribution in [3.63, 3.8) is 0 Å². The Morgan fingerprint density at radius 1 is 1.23 bits per heavy atom. The lowest BCUT2D eigenvalue weighted by Gasteiger charge is -2.28. The zero-order valence-electron chi connectivity index (χ0n) is 16.6. The van der Waals surface area contributed by atoms with E-state index in [1.165, 1.54) is 35.9 Å². The van der Waals surface area contributed by atoms with Crippen molar-refractivity contribution < 1.29 is 32.5 Å². The number of benzene rings is 2. The van der Waals surface area contributed by atoms with E-state index < -0.39 is 24.1 Å². The topological polar surface area (TPSA) is 87.7 Å². The standard InChI is InChI=1S/C20H20F3N3O4S/c1-29-14-7-8-15-16(11-14)25-19(24-15)26(17(18(27)28)9-10-31-2)12-3-5-13(6-4-12)30-20(21,22)23/h3-8,11,17H,9-10H2,1-2H3,(H,24,25)(H,27,28)/t17-/m0/s1. The molecule has 7 nitrogen and oxygen atoms in total. The van der Waals surface area contributed by atoms with E-state index in [1.807, 2.05) is 6.26 Å². The number of nitrogens with one attached hydrogen (secondary N) is 1. The first-order valence-corrected chi connectivity index (χ1v) is 10.5. The monoisotopic (exact) mass is 455 g/mol. The van der Waals surface area contributed by atoms with Gasteiger partial charge in [-0.2, -0.15) is 11.8 Å². The Balaban J connectivity index is 2.05. The number of fused-ring (bicyclic) bond motifs is 1. The molecule has 0 radical (unpaired) electrons. The predicted molar refractivity (Wildman–Crippen MR) is 112 cm³/mol. The minimum absolute atomic E-state index is 0.251. The van der Waals surface area contributed by atoms with Crippen molar-refractivity contribution >= 4 is 40.4 Å². The maximum Gasteiger partial charge on any atom is 0.573 e. The van der Waals surface area contributed by atoms with Crippen molar-refractivity contribution in [2.24, 2.45) is 0 Å². The normalized spacial score (nSPS) is 12.5. The summed E-state index contributed by atoms with van der Waals surface area (Å²) >= 11 is 1.49. The number of aromatic nitrogens is 2. The molecule has 0 saturated carbocycles. The lowest BCUT2D eigenvalue weighted by molar-refractivity contribution is -0.274. The maximum atomic E-state index is 12.5. The van der Waals surface area contributed by atoms with Gasteiger partial charge in [-0.25, -0.2) is 9.78 Å². The molecule has 0 saturated heterocycles. The van der Waals surface area contributed by atoms with Gasteiger partial charge in [0.05, 0.1) is 18.1 Å². The SMILES string of the molecule is COc1ccc2nc(N(c3ccc(OC(F)(F)F)cc3)[C@@H](CCSC)C(=O)O)[nH]c2c1. The van der Waals surface area contributed by atoms with E-state index >= 15 is 0 Å². The summed E-state index contributed by atoms with van der Waals surface area (Å²) in [7, 11) is 1.53. The average molecular weight is 455 g/mol. The van der Waals surface area contributed by atoms with Crippen LogP contribution in [0.2, 0.25) is 0 Å². The number of thioether (sulfide) groups is 1. The molecule has 166 valence electrons. The highest BCUT2D eigenvalue weighted by Gasteiger charge is 2.32. The number of halogens is 3. The van der Waals surface area contributed by atoms with E-state index in [0.717, 1.165) is 12.1 Å². The summed E-state index contributed by atoms with van der Waals surface area (Å²) in [5.74, 6) is -0.0675. The molecule has 3 rings (SSSR count). The number of ether oxygens (including phenoxy) is 2. The van der Waals surface area contributed by atoms with Crippen molar-refractivity contribution in [2.75, 3.05) is 24.0 Å². The van der Waals surface area contributed by atoms with Gasteiger partial charge in [-0.15, -0.1) is 13.2 Å². The van der Waals surface area contributed by atoms with Gasteiger partial charge in [0.15, 0.2) is 0 Å². The quantitative estimate of drug-likeness (QED) is 0.479. The van der Waals surface area contributed by atoms with Gasteiger partial charge in [0, 0.05) is 11.8 Å². The Hall–Kier alpha value is -3.08. The summed E-state index contributed by atoms with van der Waals surface area (Å²) in [6.45, 7) is 0. The van der Waals surface area contributed by atoms with Crippen LogP contribution in [0.25, 0.3) is 11.0 Å². The number of aliphatic carboxylic acids is 1. The molecule has 31 heavy (non-hydrogen) atoms. The Morgan fingerprint density at radius 3 is 2.48 bits per heavy atom. The van der Waals surface area contributed by atoms with Crippen LogP contribution in [0.5, 0.6) is 11.5 Å². The second-order valence-corrected chi connectivity index (χ2v) is 7.48. The van der Waals surface area contributed by atoms with Crippen LogP contribution in [0.1, 0.15) is 6.42 Å². The van der Waals surface area contributed by atoms with E-state index in [-0.39, 0.29) is 12.4 Å². The first kappa shape index (κ1) is 22.6. The summed E-state index contributed by atoms with van der Waals surface area (Å²) in [6, 6.07) is 9.18. The molecule has 2 aromatic carbocycles. The molecule has 0 aliphatic carbocycles.